The van der Waals surface area contributed by atoms with Crippen LogP contribution >= 0.6 is 11.3 Å². The smallest absolute Gasteiger partial charge is 0.193 e. The summed E-state index contributed by atoms with van der Waals surface area (Å²) in [5.74, 6) is 0. The molecule has 0 saturated carbocycles. The zero-order valence-electron chi connectivity index (χ0n) is 9.88. The summed E-state index contributed by atoms with van der Waals surface area (Å²) in [5, 5.41) is 2.07. The summed E-state index contributed by atoms with van der Waals surface area (Å²) in [4.78, 5) is 8.20. The topological polar surface area (TPSA) is 46.6 Å². The molecular weight excluding hydrogens is 232 g/mol. The molecule has 2 aromatic heterocycles. The van der Waals surface area contributed by atoms with Crippen molar-refractivity contribution in [2.75, 3.05) is 13.1 Å². The number of likely N-dealkylation sites (tertiary alicyclic amines) is 1. The highest BCUT2D eigenvalue weighted by Crippen LogP contribution is 2.19. The fourth-order valence-corrected chi connectivity index (χ4v) is 3.31. The summed E-state index contributed by atoms with van der Waals surface area (Å²) < 4.78 is 2.10. The van der Waals surface area contributed by atoms with E-state index in [-0.39, 0.29) is 0 Å². The Morgan fingerprint density at radius 2 is 2.41 bits per heavy atom. The molecular formula is C12H18N4S. The van der Waals surface area contributed by atoms with Crippen LogP contribution in [0.15, 0.2) is 17.8 Å². The van der Waals surface area contributed by atoms with Gasteiger partial charge in [0.1, 0.15) is 0 Å². The number of imidazole rings is 1. The normalized spacial score (nSPS) is 22.3. The average molecular weight is 250 g/mol. The van der Waals surface area contributed by atoms with E-state index in [1.807, 2.05) is 0 Å². The molecule has 5 heteroatoms. The first-order valence-corrected chi connectivity index (χ1v) is 7.10. The van der Waals surface area contributed by atoms with Crippen LogP contribution in [0.5, 0.6) is 0 Å². The molecule has 1 aliphatic rings. The van der Waals surface area contributed by atoms with Gasteiger partial charge in [0.2, 0.25) is 0 Å². The number of rotatable bonds is 3. The largest absolute Gasteiger partial charge is 0.329 e. The van der Waals surface area contributed by atoms with Gasteiger partial charge >= 0.3 is 0 Å². The Bertz CT molecular complexity index is 461. The Morgan fingerprint density at radius 1 is 1.47 bits per heavy atom. The molecule has 2 aromatic rings. The molecule has 0 amide bonds. The van der Waals surface area contributed by atoms with Crippen LogP contribution in [0.1, 0.15) is 25.0 Å². The molecule has 0 aromatic carbocycles. The van der Waals surface area contributed by atoms with E-state index < -0.39 is 0 Å². The lowest BCUT2D eigenvalue weighted by Gasteiger charge is -2.34. The highest BCUT2D eigenvalue weighted by molar-refractivity contribution is 7.15. The van der Waals surface area contributed by atoms with Crippen LogP contribution in [0.4, 0.5) is 0 Å². The van der Waals surface area contributed by atoms with Gasteiger partial charge < -0.3 is 5.73 Å². The third-order valence-electron chi connectivity index (χ3n) is 3.53. The molecule has 1 saturated heterocycles. The van der Waals surface area contributed by atoms with Crippen molar-refractivity contribution in [3.05, 3.63) is 23.5 Å². The van der Waals surface area contributed by atoms with E-state index in [9.17, 15) is 0 Å². The Morgan fingerprint density at radius 3 is 3.24 bits per heavy atom. The fourth-order valence-electron chi connectivity index (χ4n) is 2.60. The number of aromatic nitrogens is 2. The van der Waals surface area contributed by atoms with Crippen LogP contribution in [0.25, 0.3) is 4.96 Å². The SMILES string of the molecule is NCC1CCCCN1Cc1cn2ccsc2n1. The lowest BCUT2D eigenvalue weighted by Crippen LogP contribution is -2.43. The number of fused-ring (bicyclic) bond motifs is 1. The van der Waals surface area contributed by atoms with Crippen LogP contribution in [-0.2, 0) is 6.54 Å². The molecule has 0 spiro atoms. The molecule has 3 heterocycles. The minimum absolute atomic E-state index is 0.545. The number of hydrogen-bond donors (Lipinski definition) is 1. The van der Waals surface area contributed by atoms with Gasteiger partial charge in [-0.15, -0.1) is 11.3 Å². The van der Waals surface area contributed by atoms with Crippen molar-refractivity contribution in [3.63, 3.8) is 0 Å². The molecule has 1 fully saturated rings. The van der Waals surface area contributed by atoms with Crippen LogP contribution in [-0.4, -0.2) is 33.4 Å². The predicted molar refractivity (Wildman–Crippen MR) is 70.2 cm³/mol. The molecule has 92 valence electrons. The van der Waals surface area contributed by atoms with Crippen molar-refractivity contribution in [3.8, 4) is 0 Å². The van der Waals surface area contributed by atoms with Gasteiger partial charge in [-0.1, -0.05) is 6.42 Å². The van der Waals surface area contributed by atoms with Gasteiger partial charge in [0.25, 0.3) is 0 Å². The van der Waals surface area contributed by atoms with Crippen LogP contribution in [0.3, 0.4) is 0 Å². The van der Waals surface area contributed by atoms with Crippen molar-refractivity contribution < 1.29 is 0 Å². The molecule has 2 N–H and O–H groups in total. The molecule has 1 unspecified atom stereocenters. The van der Waals surface area contributed by atoms with E-state index in [0.29, 0.717) is 6.04 Å². The molecule has 0 radical (unpaired) electrons. The predicted octanol–water partition coefficient (Wildman–Crippen LogP) is 1.71. The minimum atomic E-state index is 0.545. The zero-order valence-corrected chi connectivity index (χ0v) is 10.7. The maximum Gasteiger partial charge on any atom is 0.193 e. The molecule has 1 atom stereocenters. The molecule has 0 bridgehead atoms. The number of nitrogens with zero attached hydrogens (tertiary/aromatic N) is 3. The van der Waals surface area contributed by atoms with E-state index in [1.165, 1.54) is 19.3 Å². The third-order valence-corrected chi connectivity index (χ3v) is 4.30. The van der Waals surface area contributed by atoms with Crippen molar-refractivity contribution in [1.82, 2.24) is 14.3 Å². The Labute approximate surface area is 105 Å². The molecule has 17 heavy (non-hydrogen) atoms. The minimum Gasteiger partial charge on any atom is -0.329 e. The summed E-state index contributed by atoms with van der Waals surface area (Å²) in [6.07, 6.45) is 8.04. The van der Waals surface area contributed by atoms with Crippen molar-refractivity contribution in [1.29, 1.82) is 0 Å². The highest BCUT2D eigenvalue weighted by atomic mass is 32.1. The molecule has 1 aliphatic heterocycles. The Kier molecular flexibility index (Phi) is 3.13. The lowest BCUT2D eigenvalue weighted by atomic mass is 10.0. The van der Waals surface area contributed by atoms with Gasteiger partial charge in [-0.25, -0.2) is 4.98 Å². The second-order valence-corrected chi connectivity index (χ2v) is 5.55. The standard InChI is InChI=1S/C12H18N4S/c13-7-11-3-1-2-4-15(11)8-10-9-16-5-6-17-12(16)14-10/h5-6,9,11H,1-4,7-8,13H2. The number of piperidine rings is 1. The van der Waals surface area contributed by atoms with Gasteiger partial charge in [-0.2, -0.15) is 0 Å². The molecule has 3 rings (SSSR count). The number of hydrogen-bond acceptors (Lipinski definition) is 4. The lowest BCUT2D eigenvalue weighted by molar-refractivity contribution is 0.143. The summed E-state index contributed by atoms with van der Waals surface area (Å²) in [7, 11) is 0. The van der Waals surface area contributed by atoms with Crippen LogP contribution in [0, 0.1) is 0 Å². The first kappa shape index (κ1) is 11.2. The van der Waals surface area contributed by atoms with Crippen molar-refractivity contribution in [2.24, 2.45) is 5.73 Å². The summed E-state index contributed by atoms with van der Waals surface area (Å²) >= 11 is 1.69. The summed E-state index contributed by atoms with van der Waals surface area (Å²) in [6.45, 7) is 2.87. The van der Waals surface area contributed by atoms with Crippen LogP contribution in [0.2, 0.25) is 0 Å². The van der Waals surface area contributed by atoms with E-state index in [4.69, 9.17) is 5.73 Å². The quantitative estimate of drug-likeness (QED) is 0.902. The summed E-state index contributed by atoms with van der Waals surface area (Å²) in [5.41, 5.74) is 7.00. The van der Waals surface area contributed by atoms with Crippen molar-refractivity contribution in [2.45, 2.75) is 31.8 Å². The van der Waals surface area contributed by atoms with Gasteiger partial charge in [-0.3, -0.25) is 9.30 Å². The average Bonchev–Trinajstić information content (AvgIpc) is 2.90. The van der Waals surface area contributed by atoms with Gasteiger partial charge in [-0.05, 0) is 19.4 Å². The van der Waals surface area contributed by atoms with E-state index >= 15 is 0 Å². The maximum absolute atomic E-state index is 5.84. The summed E-state index contributed by atoms with van der Waals surface area (Å²) in [6, 6.07) is 0.545. The number of nitrogens with two attached hydrogens (primary N) is 1. The Hall–Kier alpha value is -0.910. The van der Waals surface area contributed by atoms with Crippen molar-refractivity contribution >= 4 is 16.3 Å². The van der Waals surface area contributed by atoms with E-state index in [1.54, 1.807) is 11.3 Å². The third kappa shape index (κ3) is 2.22. The molecule has 0 aliphatic carbocycles. The number of thiazole rings is 1. The Balaban J connectivity index is 1.74. The first-order chi connectivity index (χ1) is 8.36. The molecule has 4 nitrogen and oxygen atoms in total. The van der Waals surface area contributed by atoms with E-state index in [2.05, 4.69) is 32.1 Å². The zero-order chi connectivity index (χ0) is 11.7. The monoisotopic (exact) mass is 250 g/mol. The maximum atomic E-state index is 5.84. The van der Waals surface area contributed by atoms with E-state index in [0.717, 1.165) is 30.3 Å². The van der Waals surface area contributed by atoms with Gasteiger partial charge in [0.05, 0.1) is 5.69 Å². The second-order valence-electron chi connectivity index (χ2n) is 4.68. The second kappa shape index (κ2) is 4.76. The highest BCUT2D eigenvalue weighted by Gasteiger charge is 2.21. The van der Waals surface area contributed by atoms with Gasteiger partial charge in [0.15, 0.2) is 4.96 Å². The van der Waals surface area contributed by atoms with Gasteiger partial charge in [0, 0.05) is 36.9 Å². The van der Waals surface area contributed by atoms with Crippen LogP contribution < -0.4 is 5.73 Å². The fraction of sp³-hybridized carbons (Fsp3) is 0.583. The first-order valence-electron chi connectivity index (χ1n) is 6.22.